The predicted octanol–water partition coefficient (Wildman–Crippen LogP) is 4.47. The van der Waals surface area contributed by atoms with E-state index in [4.69, 9.17) is 28.9 Å². The van der Waals surface area contributed by atoms with Crippen LogP contribution in [0.25, 0.3) is 0 Å². The van der Waals surface area contributed by atoms with Crippen LogP contribution in [0.4, 0.5) is 5.69 Å². The Morgan fingerprint density at radius 1 is 1.29 bits per heavy atom. The van der Waals surface area contributed by atoms with Crippen molar-refractivity contribution in [1.82, 2.24) is 0 Å². The summed E-state index contributed by atoms with van der Waals surface area (Å²) in [6.45, 7) is 2.17. The Bertz CT molecular complexity index is 315. The number of hydrogen-bond donors (Lipinski definition) is 1. The van der Waals surface area contributed by atoms with Crippen molar-refractivity contribution in [1.29, 1.82) is 0 Å². The highest BCUT2D eigenvalue weighted by Crippen LogP contribution is 2.33. The average molecular weight is 250 g/mol. The normalized spacial score (nSPS) is 10.5. The van der Waals surface area contributed by atoms with Gasteiger partial charge in [-0.2, -0.15) is 0 Å². The highest BCUT2D eigenvalue weighted by Gasteiger charge is 2.04. The van der Waals surface area contributed by atoms with E-state index in [0.717, 1.165) is 10.6 Å². The van der Waals surface area contributed by atoms with E-state index in [1.165, 1.54) is 12.8 Å². The van der Waals surface area contributed by atoms with Gasteiger partial charge in [0.15, 0.2) is 0 Å². The van der Waals surface area contributed by atoms with Crippen molar-refractivity contribution in [2.75, 3.05) is 11.5 Å². The number of nitrogens with two attached hydrogens (primary N) is 1. The number of nitrogen functional groups attached to an aromatic ring is 1. The lowest BCUT2D eigenvalue weighted by atomic mass is 10.3. The molecule has 0 radical (unpaired) electrons. The highest BCUT2D eigenvalue weighted by molar-refractivity contribution is 7.99. The van der Waals surface area contributed by atoms with E-state index >= 15 is 0 Å². The van der Waals surface area contributed by atoms with Gasteiger partial charge in [0.2, 0.25) is 0 Å². The van der Waals surface area contributed by atoms with Crippen molar-refractivity contribution >= 4 is 40.7 Å². The van der Waals surface area contributed by atoms with Crippen LogP contribution in [0.15, 0.2) is 17.0 Å². The summed E-state index contributed by atoms with van der Waals surface area (Å²) >= 11 is 13.5. The summed E-state index contributed by atoms with van der Waals surface area (Å²) in [5.74, 6) is 1.07. The van der Waals surface area contributed by atoms with Crippen LogP contribution in [0, 0.1) is 0 Å². The molecule has 4 heteroatoms. The molecule has 0 aliphatic heterocycles. The summed E-state index contributed by atoms with van der Waals surface area (Å²) in [5.41, 5.74) is 6.52. The van der Waals surface area contributed by atoms with Gasteiger partial charge in [-0.15, -0.1) is 11.8 Å². The number of rotatable bonds is 4. The number of benzene rings is 1. The van der Waals surface area contributed by atoms with Crippen molar-refractivity contribution in [2.45, 2.75) is 24.7 Å². The van der Waals surface area contributed by atoms with Crippen molar-refractivity contribution in [3.05, 3.63) is 22.2 Å². The third-order valence-corrected chi connectivity index (χ3v) is 3.69. The molecule has 1 aromatic rings. The molecule has 1 rings (SSSR count). The van der Waals surface area contributed by atoms with Gasteiger partial charge >= 0.3 is 0 Å². The smallest absolute Gasteiger partial charge is 0.0613 e. The summed E-state index contributed by atoms with van der Waals surface area (Å²) in [7, 11) is 0. The van der Waals surface area contributed by atoms with E-state index in [9.17, 15) is 0 Å². The molecular formula is C10H13Cl2NS. The first-order chi connectivity index (χ1) is 6.65. The van der Waals surface area contributed by atoms with E-state index in [1.807, 2.05) is 6.07 Å². The first-order valence-corrected chi connectivity index (χ1v) is 6.26. The molecule has 14 heavy (non-hydrogen) atoms. The van der Waals surface area contributed by atoms with Crippen LogP contribution in [0.5, 0.6) is 0 Å². The van der Waals surface area contributed by atoms with Crippen LogP contribution in [-0.2, 0) is 0 Å². The molecule has 0 atom stereocenters. The Hall–Kier alpha value is -0.0500. The molecule has 0 saturated heterocycles. The second kappa shape index (κ2) is 5.74. The minimum Gasteiger partial charge on any atom is -0.398 e. The summed E-state index contributed by atoms with van der Waals surface area (Å²) in [4.78, 5) is 1.02. The fourth-order valence-corrected chi connectivity index (χ4v) is 2.48. The van der Waals surface area contributed by atoms with Crippen LogP contribution < -0.4 is 5.73 Å². The molecule has 0 bridgehead atoms. The van der Waals surface area contributed by atoms with E-state index < -0.39 is 0 Å². The summed E-state index contributed by atoms with van der Waals surface area (Å²) in [6, 6.07) is 3.54. The van der Waals surface area contributed by atoms with Crippen molar-refractivity contribution in [3.8, 4) is 0 Å². The zero-order valence-corrected chi connectivity index (χ0v) is 10.3. The van der Waals surface area contributed by atoms with E-state index in [2.05, 4.69) is 6.92 Å². The highest BCUT2D eigenvalue weighted by atomic mass is 35.5. The Labute approximate surface area is 99.0 Å². The first-order valence-electron chi connectivity index (χ1n) is 4.52. The number of thioether (sulfide) groups is 1. The Morgan fingerprint density at radius 2 is 1.93 bits per heavy atom. The molecule has 78 valence electrons. The lowest BCUT2D eigenvalue weighted by molar-refractivity contribution is 0.896. The third kappa shape index (κ3) is 3.26. The maximum atomic E-state index is 5.90. The van der Waals surface area contributed by atoms with Crippen molar-refractivity contribution in [3.63, 3.8) is 0 Å². The fraction of sp³-hybridized carbons (Fsp3) is 0.400. The summed E-state index contributed by atoms with van der Waals surface area (Å²) in [6.07, 6.45) is 2.37. The average Bonchev–Trinajstić information content (AvgIpc) is 2.14. The molecule has 0 heterocycles. The van der Waals surface area contributed by atoms with Gasteiger partial charge in [0.25, 0.3) is 0 Å². The van der Waals surface area contributed by atoms with Gasteiger partial charge in [-0.05, 0) is 24.3 Å². The molecule has 0 saturated carbocycles. The van der Waals surface area contributed by atoms with Crippen LogP contribution in [-0.4, -0.2) is 5.75 Å². The largest absolute Gasteiger partial charge is 0.398 e. The van der Waals surface area contributed by atoms with Gasteiger partial charge < -0.3 is 5.73 Å². The molecule has 0 spiro atoms. The Morgan fingerprint density at radius 3 is 2.57 bits per heavy atom. The second-order valence-electron chi connectivity index (χ2n) is 3.01. The Kier molecular flexibility index (Phi) is 4.93. The number of anilines is 1. The lowest BCUT2D eigenvalue weighted by Gasteiger charge is -2.06. The molecule has 2 N–H and O–H groups in total. The number of hydrogen-bond acceptors (Lipinski definition) is 2. The van der Waals surface area contributed by atoms with Gasteiger partial charge in [0.1, 0.15) is 0 Å². The fourth-order valence-electron chi connectivity index (χ4n) is 0.995. The van der Waals surface area contributed by atoms with E-state index in [1.54, 1.807) is 17.8 Å². The quantitative estimate of drug-likeness (QED) is 0.484. The molecule has 0 aliphatic carbocycles. The summed E-state index contributed by atoms with van der Waals surface area (Å²) in [5, 5.41) is 1.09. The lowest BCUT2D eigenvalue weighted by Crippen LogP contribution is -1.90. The molecule has 0 fully saturated rings. The van der Waals surface area contributed by atoms with E-state index in [0.29, 0.717) is 15.7 Å². The third-order valence-electron chi connectivity index (χ3n) is 1.81. The van der Waals surface area contributed by atoms with Gasteiger partial charge in [-0.1, -0.05) is 36.5 Å². The van der Waals surface area contributed by atoms with Gasteiger partial charge in [-0.25, -0.2) is 0 Å². The van der Waals surface area contributed by atoms with Crippen LogP contribution in [0.2, 0.25) is 10.0 Å². The predicted molar refractivity (Wildman–Crippen MR) is 66.5 cm³/mol. The molecule has 0 aromatic heterocycles. The summed E-state index contributed by atoms with van der Waals surface area (Å²) < 4.78 is 0. The Balaban J connectivity index is 2.72. The van der Waals surface area contributed by atoms with Crippen LogP contribution >= 0.6 is 35.0 Å². The van der Waals surface area contributed by atoms with Gasteiger partial charge in [0.05, 0.1) is 10.0 Å². The molecule has 0 unspecified atom stereocenters. The topological polar surface area (TPSA) is 26.0 Å². The molecule has 0 amide bonds. The minimum atomic E-state index is 0.518. The molecule has 0 aliphatic rings. The van der Waals surface area contributed by atoms with E-state index in [-0.39, 0.29) is 0 Å². The van der Waals surface area contributed by atoms with Crippen LogP contribution in [0.1, 0.15) is 19.8 Å². The van der Waals surface area contributed by atoms with Crippen molar-refractivity contribution in [2.24, 2.45) is 0 Å². The zero-order chi connectivity index (χ0) is 10.6. The number of halogens is 2. The monoisotopic (exact) mass is 249 g/mol. The van der Waals surface area contributed by atoms with Gasteiger partial charge in [0, 0.05) is 10.6 Å². The minimum absolute atomic E-state index is 0.518. The standard InChI is InChI=1S/C10H13Cl2NS/c1-2-3-4-14-10-6-8(12)7(11)5-9(10)13/h5-6H,2-4,13H2,1H3. The first kappa shape index (κ1) is 12.0. The van der Waals surface area contributed by atoms with Crippen molar-refractivity contribution < 1.29 is 0 Å². The SMILES string of the molecule is CCCCSc1cc(Cl)c(Cl)cc1N. The van der Waals surface area contributed by atoms with Crippen LogP contribution in [0.3, 0.4) is 0 Å². The maximum absolute atomic E-state index is 5.90. The maximum Gasteiger partial charge on any atom is 0.0613 e. The molecule has 1 aromatic carbocycles. The molecule has 1 nitrogen and oxygen atoms in total. The van der Waals surface area contributed by atoms with Gasteiger partial charge in [-0.3, -0.25) is 0 Å². The zero-order valence-electron chi connectivity index (χ0n) is 8.02. The molecular weight excluding hydrogens is 237 g/mol. The number of unbranched alkanes of at least 4 members (excludes halogenated alkanes) is 1. The second-order valence-corrected chi connectivity index (χ2v) is 4.96.